The number of hydrogen-bond acceptors (Lipinski definition) is 4. The number of carbonyl (C=O) groups is 2. The van der Waals surface area contributed by atoms with Gasteiger partial charge in [-0.25, -0.2) is 0 Å². The van der Waals surface area contributed by atoms with Crippen LogP contribution in [0.25, 0.3) is 0 Å². The standard InChI is InChI=1S/C17H30N4O3/c1-3-18-17(19-9-6-15(22)20-10-4-5-11-20)21-12-7-14(8-13-21)16(23)24-2/h14H,3-13H2,1-2H3,(H,18,19). The van der Waals surface area contributed by atoms with Gasteiger partial charge in [0.2, 0.25) is 5.91 Å². The first-order chi connectivity index (χ1) is 11.7. The molecule has 24 heavy (non-hydrogen) atoms. The first-order valence-corrected chi connectivity index (χ1v) is 9.04. The van der Waals surface area contributed by atoms with Gasteiger partial charge in [0.1, 0.15) is 0 Å². The minimum atomic E-state index is -0.118. The van der Waals surface area contributed by atoms with Crippen LogP contribution in [0.4, 0.5) is 0 Å². The largest absolute Gasteiger partial charge is 0.469 e. The van der Waals surface area contributed by atoms with Gasteiger partial charge in [-0.15, -0.1) is 0 Å². The lowest BCUT2D eigenvalue weighted by atomic mass is 9.97. The van der Waals surface area contributed by atoms with Crippen LogP contribution in [0, 0.1) is 5.92 Å². The molecule has 0 bridgehead atoms. The molecule has 2 saturated heterocycles. The predicted molar refractivity (Wildman–Crippen MR) is 92.7 cm³/mol. The molecule has 0 saturated carbocycles. The second-order valence-corrected chi connectivity index (χ2v) is 6.36. The number of likely N-dealkylation sites (tertiary alicyclic amines) is 2. The zero-order chi connectivity index (χ0) is 17.4. The van der Waals surface area contributed by atoms with Crippen LogP contribution in [0.5, 0.6) is 0 Å². The van der Waals surface area contributed by atoms with Crippen molar-refractivity contribution in [3.63, 3.8) is 0 Å². The number of carbonyl (C=O) groups excluding carboxylic acids is 2. The van der Waals surface area contributed by atoms with E-state index in [0.29, 0.717) is 13.0 Å². The highest BCUT2D eigenvalue weighted by Crippen LogP contribution is 2.18. The summed E-state index contributed by atoms with van der Waals surface area (Å²) in [6.45, 7) is 6.68. The number of nitrogens with one attached hydrogen (secondary N) is 1. The van der Waals surface area contributed by atoms with Gasteiger partial charge in [-0.1, -0.05) is 0 Å². The molecule has 1 amide bonds. The smallest absolute Gasteiger partial charge is 0.308 e. The van der Waals surface area contributed by atoms with Crippen molar-refractivity contribution in [2.75, 3.05) is 46.4 Å². The topological polar surface area (TPSA) is 74.2 Å². The maximum absolute atomic E-state index is 12.1. The van der Waals surface area contributed by atoms with Gasteiger partial charge < -0.3 is 19.9 Å². The third-order valence-electron chi connectivity index (χ3n) is 4.71. The van der Waals surface area contributed by atoms with E-state index >= 15 is 0 Å². The van der Waals surface area contributed by atoms with Crippen molar-refractivity contribution in [1.82, 2.24) is 15.1 Å². The maximum Gasteiger partial charge on any atom is 0.308 e. The van der Waals surface area contributed by atoms with Crippen LogP contribution in [0.1, 0.15) is 39.0 Å². The fourth-order valence-corrected chi connectivity index (χ4v) is 3.30. The Morgan fingerprint density at radius 2 is 1.79 bits per heavy atom. The number of hydrogen-bond donors (Lipinski definition) is 1. The molecule has 2 heterocycles. The molecule has 0 radical (unpaired) electrons. The van der Waals surface area contributed by atoms with Crippen molar-refractivity contribution >= 4 is 17.8 Å². The Bertz CT molecular complexity index is 453. The predicted octanol–water partition coefficient (Wildman–Crippen LogP) is 0.849. The lowest BCUT2D eigenvalue weighted by Gasteiger charge is -2.33. The SMILES string of the molecule is CCNC(=NCCC(=O)N1CCCC1)N1CCC(C(=O)OC)CC1. The molecule has 0 aromatic rings. The number of esters is 1. The van der Waals surface area contributed by atoms with Gasteiger partial charge in [0, 0.05) is 39.1 Å². The average Bonchev–Trinajstić information content (AvgIpc) is 3.15. The summed E-state index contributed by atoms with van der Waals surface area (Å²) < 4.78 is 4.83. The van der Waals surface area contributed by atoms with E-state index in [0.717, 1.165) is 64.4 Å². The normalized spacial score (nSPS) is 19.5. The molecule has 0 spiro atoms. The second-order valence-electron chi connectivity index (χ2n) is 6.36. The molecular weight excluding hydrogens is 308 g/mol. The molecule has 7 nitrogen and oxygen atoms in total. The Hall–Kier alpha value is -1.79. The van der Waals surface area contributed by atoms with Crippen molar-refractivity contribution < 1.29 is 14.3 Å². The quantitative estimate of drug-likeness (QED) is 0.457. The summed E-state index contributed by atoms with van der Waals surface area (Å²) >= 11 is 0. The van der Waals surface area contributed by atoms with E-state index in [2.05, 4.69) is 15.2 Å². The fraction of sp³-hybridized carbons (Fsp3) is 0.824. The number of nitrogens with zero attached hydrogens (tertiary/aromatic N) is 3. The lowest BCUT2D eigenvalue weighted by molar-refractivity contribution is -0.146. The number of amides is 1. The molecular formula is C17H30N4O3. The van der Waals surface area contributed by atoms with Gasteiger partial charge in [0.05, 0.1) is 19.6 Å². The van der Waals surface area contributed by atoms with Crippen molar-refractivity contribution in [3.05, 3.63) is 0 Å². The van der Waals surface area contributed by atoms with Gasteiger partial charge in [0.15, 0.2) is 5.96 Å². The highest BCUT2D eigenvalue weighted by molar-refractivity contribution is 5.81. The zero-order valence-corrected chi connectivity index (χ0v) is 14.9. The average molecular weight is 338 g/mol. The van der Waals surface area contributed by atoms with Crippen molar-refractivity contribution in [1.29, 1.82) is 0 Å². The number of piperidine rings is 1. The molecule has 136 valence electrons. The molecule has 0 aliphatic carbocycles. The monoisotopic (exact) mass is 338 g/mol. The van der Waals surface area contributed by atoms with E-state index in [1.807, 2.05) is 11.8 Å². The molecule has 2 aliphatic heterocycles. The molecule has 0 aromatic heterocycles. The minimum Gasteiger partial charge on any atom is -0.469 e. The molecule has 0 atom stereocenters. The number of rotatable bonds is 5. The Kier molecular flexibility index (Phi) is 7.34. The Morgan fingerprint density at radius 1 is 1.12 bits per heavy atom. The van der Waals surface area contributed by atoms with Crippen molar-refractivity contribution in [3.8, 4) is 0 Å². The second kappa shape index (κ2) is 9.49. The van der Waals surface area contributed by atoms with E-state index in [1.165, 1.54) is 7.11 Å². The van der Waals surface area contributed by atoms with Crippen LogP contribution < -0.4 is 5.32 Å². The van der Waals surface area contributed by atoms with E-state index < -0.39 is 0 Å². The van der Waals surface area contributed by atoms with E-state index in [9.17, 15) is 9.59 Å². The number of ether oxygens (including phenoxy) is 1. The van der Waals surface area contributed by atoms with Crippen LogP contribution in [0.2, 0.25) is 0 Å². The number of aliphatic imine (C=N–C) groups is 1. The van der Waals surface area contributed by atoms with E-state index in [1.54, 1.807) is 0 Å². The molecule has 1 N–H and O–H groups in total. The Balaban J connectivity index is 1.82. The van der Waals surface area contributed by atoms with Crippen molar-refractivity contribution in [2.24, 2.45) is 10.9 Å². The first kappa shape index (κ1) is 18.5. The molecule has 2 fully saturated rings. The zero-order valence-electron chi connectivity index (χ0n) is 14.9. The summed E-state index contributed by atoms with van der Waals surface area (Å²) in [4.78, 5) is 32.4. The number of methoxy groups -OCH3 is 1. The van der Waals surface area contributed by atoms with Crippen molar-refractivity contribution in [2.45, 2.75) is 39.0 Å². The van der Waals surface area contributed by atoms with Gasteiger partial charge in [-0.3, -0.25) is 14.6 Å². The van der Waals surface area contributed by atoms with Crippen LogP contribution in [-0.2, 0) is 14.3 Å². The highest BCUT2D eigenvalue weighted by atomic mass is 16.5. The molecule has 2 rings (SSSR count). The van der Waals surface area contributed by atoms with Gasteiger partial charge in [-0.05, 0) is 32.6 Å². The summed E-state index contributed by atoms with van der Waals surface area (Å²) in [6, 6.07) is 0. The van der Waals surface area contributed by atoms with Gasteiger partial charge in [0.25, 0.3) is 0 Å². The minimum absolute atomic E-state index is 0.00845. The molecule has 0 unspecified atom stereocenters. The van der Waals surface area contributed by atoms with E-state index in [-0.39, 0.29) is 17.8 Å². The van der Waals surface area contributed by atoms with Gasteiger partial charge in [-0.2, -0.15) is 0 Å². The Labute approximate surface area is 144 Å². The number of guanidine groups is 1. The summed E-state index contributed by atoms with van der Waals surface area (Å²) in [5.74, 6) is 0.921. The Morgan fingerprint density at radius 3 is 2.38 bits per heavy atom. The van der Waals surface area contributed by atoms with Crippen LogP contribution >= 0.6 is 0 Å². The third kappa shape index (κ3) is 5.11. The maximum atomic E-state index is 12.1. The van der Waals surface area contributed by atoms with Crippen LogP contribution in [0.15, 0.2) is 4.99 Å². The highest BCUT2D eigenvalue weighted by Gasteiger charge is 2.27. The molecule has 2 aliphatic rings. The summed E-state index contributed by atoms with van der Waals surface area (Å²) in [7, 11) is 1.44. The van der Waals surface area contributed by atoms with E-state index in [4.69, 9.17) is 4.74 Å². The van der Waals surface area contributed by atoms with Crippen LogP contribution in [0.3, 0.4) is 0 Å². The first-order valence-electron chi connectivity index (χ1n) is 9.04. The lowest BCUT2D eigenvalue weighted by Crippen LogP contribution is -2.46. The van der Waals surface area contributed by atoms with Gasteiger partial charge >= 0.3 is 5.97 Å². The third-order valence-corrected chi connectivity index (χ3v) is 4.71. The van der Waals surface area contributed by atoms with Crippen LogP contribution in [-0.4, -0.2) is 74.0 Å². The molecule has 0 aromatic carbocycles. The molecule has 7 heteroatoms. The summed E-state index contributed by atoms with van der Waals surface area (Å²) in [6.07, 6.45) is 4.26. The fourth-order valence-electron chi connectivity index (χ4n) is 3.30. The summed E-state index contributed by atoms with van der Waals surface area (Å²) in [5.41, 5.74) is 0. The summed E-state index contributed by atoms with van der Waals surface area (Å²) in [5, 5.41) is 3.29.